The number of fused-ring (bicyclic) bond motifs is 1. The van der Waals surface area contributed by atoms with E-state index in [9.17, 15) is 9.90 Å². The van der Waals surface area contributed by atoms with Crippen molar-refractivity contribution in [3.8, 4) is 5.75 Å². The number of carbonyl (C=O) groups is 1. The molecule has 0 bridgehead atoms. The van der Waals surface area contributed by atoms with E-state index < -0.39 is 34.4 Å². The molecule has 0 fully saturated rings. The second-order valence-corrected chi connectivity index (χ2v) is 23.9. The van der Waals surface area contributed by atoms with E-state index in [-0.39, 0.29) is 26.4 Å². The van der Waals surface area contributed by atoms with Gasteiger partial charge in [-0.3, -0.25) is 4.79 Å². The lowest BCUT2D eigenvalue weighted by Gasteiger charge is -2.48. The van der Waals surface area contributed by atoms with E-state index in [1.54, 1.807) is 18.2 Å². The summed E-state index contributed by atoms with van der Waals surface area (Å²) in [5.74, 6) is 0.494. The number of halogens is 1. The first kappa shape index (κ1) is 31.3. The van der Waals surface area contributed by atoms with Crippen molar-refractivity contribution in [2.45, 2.75) is 109 Å². The van der Waals surface area contributed by atoms with Crippen LogP contribution in [0.2, 0.25) is 36.3 Å². The van der Waals surface area contributed by atoms with Gasteiger partial charge in [0.1, 0.15) is 23.7 Å². The number of methoxy groups -OCH3 is 1. The van der Waals surface area contributed by atoms with Crippen LogP contribution < -0.4 is 4.74 Å². The lowest BCUT2D eigenvalue weighted by atomic mass is 9.80. The number of hydrogen-bond acceptors (Lipinski definition) is 6. The maximum atomic E-state index is 13.0. The summed E-state index contributed by atoms with van der Waals surface area (Å²) < 4.78 is 26.3. The van der Waals surface area contributed by atoms with Crippen molar-refractivity contribution in [3.05, 3.63) is 51.7 Å². The second kappa shape index (κ2) is 10.3. The molecule has 0 saturated heterocycles. The fourth-order valence-electron chi connectivity index (χ4n) is 4.26. The largest absolute Gasteiger partial charge is 0.496 e. The molecule has 6 nitrogen and oxygen atoms in total. The Hall–Kier alpha value is -1.24. The predicted molar refractivity (Wildman–Crippen MR) is 161 cm³/mol. The molecule has 0 saturated carbocycles. The molecule has 3 rings (SSSR count). The molecule has 1 aromatic rings. The number of rotatable bonds is 6. The molecule has 0 amide bonds. The van der Waals surface area contributed by atoms with Gasteiger partial charge in [-0.1, -0.05) is 53.7 Å². The van der Waals surface area contributed by atoms with E-state index in [2.05, 4.69) is 83.7 Å². The number of carbonyl (C=O) groups excluding carboxylic acids is 1. The van der Waals surface area contributed by atoms with Gasteiger partial charge in [0, 0.05) is 11.1 Å². The van der Waals surface area contributed by atoms with Crippen LogP contribution in [0.25, 0.3) is 0 Å². The minimum atomic E-state index is -2.25. The molecular weight excluding hydrogens is 580 g/mol. The van der Waals surface area contributed by atoms with Gasteiger partial charge < -0.3 is 23.4 Å². The normalized spacial score (nSPS) is 26.8. The SMILES string of the molecule is COc1cccc2c1C(O)(C1=C[C@H](O[Si](C)(C)C(C)(C)C)[C@@H](O[Si](C)(C)C(C)(C)C)[C@H](C)O1)C=C(Br)C2=O. The molecule has 1 aromatic carbocycles. The van der Waals surface area contributed by atoms with E-state index >= 15 is 0 Å². The first-order valence-electron chi connectivity index (χ1n) is 13.2. The molecule has 1 N–H and O–H groups in total. The van der Waals surface area contributed by atoms with Crippen molar-refractivity contribution in [2.75, 3.05) is 7.11 Å². The second-order valence-electron chi connectivity index (χ2n) is 13.5. The Balaban J connectivity index is 2.21. The fourth-order valence-corrected chi connectivity index (χ4v) is 7.40. The number of ketones is 1. The van der Waals surface area contributed by atoms with Crippen LogP contribution >= 0.6 is 15.9 Å². The van der Waals surface area contributed by atoms with Gasteiger partial charge in [-0.2, -0.15) is 0 Å². The Bertz CT molecular complexity index is 1140. The van der Waals surface area contributed by atoms with Crippen molar-refractivity contribution < 1.29 is 28.2 Å². The number of hydrogen-bond donors (Lipinski definition) is 1. The first-order valence-corrected chi connectivity index (χ1v) is 19.8. The van der Waals surface area contributed by atoms with Gasteiger partial charge in [-0.25, -0.2) is 0 Å². The maximum Gasteiger partial charge on any atom is 0.200 e. The molecule has 4 atom stereocenters. The third kappa shape index (κ3) is 5.65. The van der Waals surface area contributed by atoms with E-state index in [1.807, 2.05) is 13.0 Å². The summed E-state index contributed by atoms with van der Waals surface area (Å²) in [6.07, 6.45) is 2.15. The van der Waals surface area contributed by atoms with Crippen LogP contribution in [-0.2, 0) is 19.2 Å². The minimum absolute atomic E-state index is 0.0000753. The van der Waals surface area contributed by atoms with Gasteiger partial charge in [0.2, 0.25) is 0 Å². The van der Waals surface area contributed by atoms with Crippen LogP contribution in [0.15, 0.2) is 40.6 Å². The first-order chi connectivity index (χ1) is 17.2. The summed E-state index contributed by atoms with van der Waals surface area (Å²) in [6, 6.07) is 5.18. The monoisotopic (exact) mass is 624 g/mol. The Kier molecular flexibility index (Phi) is 8.49. The molecule has 0 spiro atoms. The number of allylic oxidation sites excluding steroid dienone is 1. The number of benzene rings is 1. The Morgan fingerprint density at radius 1 is 1.00 bits per heavy atom. The predicted octanol–water partition coefficient (Wildman–Crippen LogP) is 7.44. The van der Waals surface area contributed by atoms with Crippen LogP contribution in [0.3, 0.4) is 0 Å². The van der Waals surface area contributed by atoms with Crippen molar-refractivity contribution >= 4 is 38.3 Å². The van der Waals surface area contributed by atoms with Crippen LogP contribution in [-0.4, -0.2) is 52.9 Å². The third-order valence-electron chi connectivity index (χ3n) is 8.69. The zero-order valence-electron chi connectivity index (χ0n) is 25.0. The van der Waals surface area contributed by atoms with Crippen molar-refractivity contribution in [1.82, 2.24) is 0 Å². The number of aliphatic hydroxyl groups is 1. The summed E-state index contributed by atoms with van der Waals surface area (Å²) >= 11 is 3.38. The molecule has 1 aliphatic heterocycles. The molecule has 212 valence electrons. The van der Waals surface area contributed by atoms with Crippen LogP contribution in [0.5, 0.6) is 5.75 Å². The molecule has 1 aliphatic carbocycles. The maximum absolute atomic E-state index is 13.0. The fraction of sp³-hybridized carbons (Fsp3) is 0.621. The van der Waals surface area contributed by atoms with E-state index in [0.717, 1.165) is 0 Å². The number of ether oxygens (including phenoxy) is 2. The van der Waals surface area contributed by atoms with Gasteiger partial charge >= 0.3 is 0 Å². The van der Waals surface area contributed by atoms with Crippen LogP contribution in [0, 0.1) is 0 Å². The summed E-state index contributed by atoms with van der Waals surface area (Å²) in [5.41, 5.74) is -1.01. The van der Waals surface area contributed by atoms with Crippen LogP contribution in [0.1, 0.15) is 64.4 Å². The van der Waals surface area contributed by atoms with Gasteiger partial charge in [-0.15, -0.1) is 0 Å². The molecule has 9 heteroatoms. The van der Waals surface area contributed by atoms with Crippen LogP contribution in [0.4, 0.5) is 0 Å². The standard InChI is InChI=1S/C29H45BrO6Si2/c1-18-26(36-38(11,12)28(5,6)7)22(35-37(9,10)27(2,3)4)16-23(34-18)29(32)17-20(30)25(31)19-14-13-15-21(33-8)24(19)29/h13-18,22,26,32H,1-12H3/t18-,22-,26-,29?/m0/s1. The summed E-state index contributed by atoms with van der Waals surface area (Å²) in [4.78, 5) is 13.0. The Morgan fingerprint density at radius 2 is 1.55 bits per heavy atom. The Morgan fingerprint density at radius 3 is 2.08 bits per heavy atom. The highest BCUT2D eigenvalue weighted by Crippen LogP contribution is 2.49. The summed E-state index contributed by atoms with van der Waals surface area (Å²) in [7, 11) is -2.92. The third-order valence-corrected chi connectivity index (χ3v) is 18.2. The lowest BCUT2D eigenvalue weighted by Crippen LogP contribution is -2.57. The van der Waals surface area contributed by atoms with E-state index in [0.29, 0.717) is 22.6 Å². The quantitative estimate of drug-likeness (QED) is 0.331. The zero-order valence-corrected chi connectivity index (χ0v) is 28.6. The van der Waals surface area contributed by atoms with Gasteiger partial charge in [-0.05, 0) is 77.3 Å². The molecule has 38 heavy (non-hydrogen) atoms. The van der Waals surface area contributed by atoms with Crippen molar-refractivity contribution in [3.63, 3.8) is 0 Å². The average Bonchev–Trinajstić information content (AvgIpc) is 2.77. The molecule has 2 aliphatic rings. The molecular formula is C29H45BrO6Si2. The van der Waals surface area contributed by atoms with Gasteiger partial charge in [0.15, 0.2) is 28.0 Å². The van der Waals surface area contributed by atoms with Gasteiger partial charge in [0.05, 0.1) is 17.7 Å². The Labute approximate surface area is 239 Å². The summed E-state index contributed by atoms with van der Waals surface area (Å²) in [6.45, 7) is 24.1. The number of Topliss-reactive ketones (excluding diaryl/α,β-unsaturated/α-hetero) is 1. The topological polar surface area (TPSA) is 74.2 Å². The van der Waals surface area contributed by atoms with Crippen molar-refractivity contribution in [2.24, 2.45) is 0 Å². The molecule has 0 radical (unpaired) electrons. The smallest absolute Gasteiger partial charge is 0.200 e. The molecule has 1 heterocycles. The highest BCUT2D eigenvalue weighted by Gasteiger charge is 2.51. The van der Waals surface area contributed by atoms with Gasteiger partial charge in [0.25, 0.3) is 0 Å². The minimum Gasteiger partial charge on any atom is -0.496 e. The highest BCUT2D eigenvalue weighted by atomic mass is 79.9. The molecule has 0 aromatic heterocycles. The van der Waals surface area contributed by atoms with Crippen molar-refractivity contribution in [1.29, 1.82) is 0 Å². The average molecular weight is 626 g/mol. The van der Waals surface area contributed by atoms with E-state index in [1.165, 1.54) is 13.2 Å². The lowest BCUT2D eigenvalue weighted by molar-refractivity contribution is -0.0814. The highest BCUT2D eigenvalue weighted by molar-refractivity contribution is 9.12. The molecule has 1 unspecified atom stereocenters. The zero-order chi connectivity index (χ0) is 29.1. The summed E-state index contributed by atoms with van der Waals surface area (Å²) in [5, 5.41) is 12.3. The van der Waals surface area contributed by atoms with E-state index in [4.69, 9.17) is 18.3 Å².